The molecule has 0 radical (unpaired) electrons. The standard InChI is InChI=1S/C21H24BF2N9O9P2/c1-8-13-18(28-4-26-8)32(6-30-13)21-12(24)16-9(39-21)2-37-43(22,34)41-15-10(3-38-44(35,36)42-16)40-20(11(15)23)33-7-31-14-17(25)27-5-29-19(14)33/h4-7,9-12,15-16,20-21H,2-3,22H2,1H3,(H,35,36)(H2,25,27,29)/t9-,10-,11-,12-,15-,16-,20-,21-,43+/m1/s1. The molecular weight excluding hydrogens is 633 g/mol. The smallest absolute Gasteiger partial charge is 0.382 e. The number of aryl methyl sites for hydroxylation is 1. The lowest BCUT2D eigenvalue weighted by molar-refractivity contribution is -0.0607. The summed E-state index contributed by atoms with van der Waals surface area (Å²) in [6.45, 7) is 0.286. The number of ether oxygens (including phenoxy) is 2. The number of rotatable bonds is 2. The SMILES string of the molecule is B[P@]1(=O)OC[C@H]2O[C@@H](n3cnc4c(C)ncnc43)[C@H](F)[C@@H]2OP(=O)(O)OC[C@H]2O[C@@H](n3cnc4c(N)ncnc43)[C@H](F)[C@@H]2O1. The van der Waals surface area contributed by atoms with Crippen LogP contribution in [0.25, 0.3) is 22.3 Å². The van der Waals surface area contributed by atoms with Crippen molar-refractivity contribution in [2.75, 3.05) is 18.9 Å². The molecule has 3 aliphatic rings. The molecule has 10 atom stereocenters. The number of nitrogens with two attached hydrogens (primary N) is 1. The fourth-order valence-corrected chi connectivity index (χ4v) is 7.51. The van der Waals surface area contributed by atoms with Gasteiger partial charge < -0.3 is 29.1 Å². The van der Waals surface area contributed by atoms with Crippen LogP contribution < -0.4 is 5.73 Å². The molecule has 3 fully saturated rings. The minimum absolute atomic E-state index is 0.0452. The van der Waals surface area contributed by atoms with Gasteiger partial charge in [-0.3, -0.25) is 22.7 Å². The van der Waals surface area contributed by atoms with E-state index in [0.717, 1.165) is 13.9 Å². The first-order valence-electron chi connectivity index (χ1n) is 13.1. The molecule has 0 aromatic carbocycles. The molecule has 0 bridgehead atoms. The fourth-order valence-electron chi connectivity index (χ4n) is 5.38. The predicted octanol–water partition coefficient (Wildman–Crippen LogP) is 0.687. The van der Waals surface area contributed by atoms with Crippen LogP contribution in [-0.4, -0.2) is 101 Å². The normalized spacial score (nSPS) is 38.3. The molecule has 23 heteroatoms. The third kappa shape index (κ3) is 5.11. The number of hydrogen-bond acceptors (Lipinski definition) is 15. The highest BCUT2D eigenvalue weighted by molar-refractivity contribution is 7.79. The highest BCUT2D eigenvalue weighted by Crippen LogP contribution is 2.54. The molecule has 234 valence electrons. The second-order valence-electron chi connectivity index (χ2n) is 10.4. The average molecular weight is 657 g/mol. The van der Waals surface area contributed by atoms with Gasteiger partial charge in [-0.25, -0.2) is 43.2 Å². The zero-order chi connectivity index (χ0) is 31.0. The largest absolute Gasteiger partial charge is 0.472 e. The summed E-state index contributed by atoms with van der Waals surface area (Å²) in [6.07, 6.45) is -8.20. The summed E-state index contributed by atoms with van der Waals surface area (Å²) < 4.78 is 93.9. The minimum atomic E-state index is -5.04. The minimum Gasteiger partial charge on any atom is -0.382 e. The van der Waals surface area contributed by atoms with Crippen molar-refractivity contribution in [2.24, 2.45) is 0 Å². The van der Waals surface area contributed by atoms with Crippen LogP contribution in [0.15, 0.2) is 25.3 Å². The third-order valence-electron chi connectivity index (χ3n) is 7.45. The monoisotopic (exact) mass is 657 g/mol. The number of fused-ring (bicyclic) bond motifs is 4. The van der Waals surface area contributed by atoms with E-state index in [4.69, 9.17) is 33.3 Å². The number of anilines is 1. The van der Waals surface area contributed by atoms with Crippen molar-refractivity contribution in [1.29, 1.82) is 0 Å². The van der Waals surface area contributed by atoms with Gasteiger partial charge in [-0.2, -0.15) is 0 Å². The number of aromatic nitrogens is 8. The first kappa shape index (κ1) is 29.7. The molecule has 0 aliphatic carbocycles. The maximum absolute atomic E-state index is 15.9. The van der Waals surface area contributed by atoms with Gasteiger partial charge in [0.1, 0.15) is 48.1 Å². The summed E-state index contributed by atoms with van der Waals surface area (Å²) in [6, 6.07) is 0. The zero-order valence-electron chi connectivity index (χ0n) is 22.9. The summed E-state index contributed by atoms with van der Waals surface area (Å²) in [7, 11) is -8.06. The second-order valence-corrected chi connectivity index (χ2v) is 13.8. The van der Waals surface area contributed by atoms with E-state index >= 15 is 8.78 Å². The van der Waals surface area contributed by atoms with Gasteiger partial charge in [0.25, 0.3) is 15.0 Å². The van der Waals surface area contributed by atoms with Crippen LogP contribution >= 0.6 is 15.3 Å². The van der Waals surface area contributed by atoms with Crippen LogP contribution in [0.5, 0.6) is 0 Å². The number of hydrogen-bond donors (Lipinski definition) is 2. The van der Waals surface area contributed by atoms with Crippen molar-refractivity contribution in [3.63, 3.8) is 0 Å². The van der Waals surface area contributed by atoms with Crippen LogP contribution in [0, 0.1) is 6.92 Å². The Morgan fingerprint density at radius 3 is 2.07 bits per heavy atom. The predicted molar refractivity (Wildman–Crippen MR) is 145 cm³/mol. The number of nitrogens with zero attached hydrogens (tertiary/aromatic N) is 8. The van der Waals surface area contributed by atoms with Crippen LogP contribution in [0.2, 0.25) is 0 Å². The lowest BCUT2D eigenvalue weighted by atomic mass is 10.1. The molecule has 3 N–H and O–H groups in total. The first-order chi connectivity index (χ1) is 20.9. The Hall–Kier alpha value is -3.00. The summed E-state index contributed by atoms with van der Waals surface area (Å²) in [4.78, 5) is 35.0. The van der Waals surface area contributed by atoms with Gasteiger partial charge >= 0.3 is 7.82 Å². The second kappa shape index (κ2) is 10.8. The number of imidazole rings is 2. The van der Waals surface area contributed by atoms with Crippen molar-refractivity contribution in [1.82, 2.24) is 39.0 Å². The van der Waals surface area contributed by atoms with Gasteiger partial charge in [-0.05, 0) is 6.92 Å². The third-order valence-corrected chi connectivity index (χ3v) is 9.68. The van der Waals surface area contributed by atoms with Crippen LogP contribution in [0.4, 0.5) is 14.6 Å². The lowest BCUT2D eigenvalue weighted by Gasteiger charge is -2.28. The molecule has 0 saturated carbocycles. The van der Waals surface area contributed by atoms with E-state index in [2.05, 4.69) is 29.9 Å². The molecular formula is C21H24BF2N9O9P2. The van der Waals surface area contributed by atoms with Crippen molar-refractivity contribution >= 4 is 51.0 Å². The Morgan fingerprint density at radius 2 is 1.41 bits per heavy atom. The van der Waals surface area contributed by atoms with Crippen LogP contribution in [-0.2, 0) is 36.7 Å². The Labute approximate surface area is 246 Å². The van der Waals surface area contributed by atoms with E-state index in [9.17, 15) is 14.0 Å². The Morgan fingerprint density at radius 1 is 0.864 bits per heavy atom. The van der Waals surface area contributed by atoms with Crippen molar-refractivity contribution in [3.8, 4) is 0 Å². The van der Waals surface area contributed by atoms with E-state index in [1.807, 2.05) is 0 Å². The molecule has 1 unspecified atom stereocenters. The van der Waals surface area contributed by atoms with Gasteiger partial charge in [-0.15, -0.1) is 0 Å². The van der Waals surface area contributed by atoms with E-state index < -0.39 is 77.7 Å². The van der Waals surface area contributed by atoms with Gasteiger partial charge in [0, 0.05) is 0 Å². The van der Waals surface area contributed by atoms with Gasteiger partial charge in [0.15, 0.2) is 41.9 Å². The molecule has 0 spiro atoms. The highest BCUT2D eigenvalue weighted by atomic mass is 31.2. The average Bonchev–Trinajstić information content (AvgIpc) is 3.73. The molecule has 0 amide bonds. The number of nitrogen functional groups attached to an aromatic ring is 1. The van der Waals surface area contributed by atoms with Crippen molar-refractivity contribution in [3.05, 3.63) is 31.0 Å². The number of phosphoric ester groups is 1. The first-order valence-corrected chi connectivity index (χ1v) is 16.6. The summed E-state index contributed by atoms with van der Waals surface area (Å²) in [5.74, 6) is 0.0452. The van der Waals surface area contributed by atoms with E-state index in [1.165, 1.54) is 28.1 Å². The molecule has 3 saturated heterocycles. The summed E-state index contributed by atoms with van der Waals surface area (Å²) in [5.41, 5.74) is 7.30. The summed E-state index contributed by atoms with van der Waals surface area (Å²) in [5, 5.41) is 0. The molecule has 7 heterocycles. The number of phosphoric acid groups is 1. The zero-order valence-corrected chi connectivity index (χ0v) is 24.6. The molecule has 18 nitrogen and oxygen atoms in total. The van der Waals surface area contributed by atoms with Crippen LogP contribution in [0.1, 0.15) is 18.1 Å². The summed E-state index contributed by atoms with van der Waals surface area (Å²) >= 11 is 0. The molecule has 44 heavy (non-hydrogen) atoms. The van der Waals surface area contributed by atoms with Crippen LogP contribution in [0.3, 0.4) is 0 Å². The maximum atomic E-state index is 15.9. The van der Waals surface area contributed by atoms with Gasteiger partial charge in [-0.1, -0.05) is 0 Å². The van der Waals surface area contributed by atoms with Crippen molar-refractivity contribution in [2.45, 2.75) is 56.1 Å². The van der Waals surface area contributed by atoms with E-state index in [1.54, 1.807) is 6.92 Å². The van der Waals surface area contributed by atoms with E-state index in [-0.39, 0.29) is 22.6 Å². The Balaban J connectivity index is 1.17. The Kier molecular flexibility index (Phi) is 7.30. The molecule has 7 rings (SSSR count). The molecule has 4 aromatic rings. The van der Waals surface area contributed by atoms with Crippen molar-refractivity contribution < 1.29 is 50.4 Å². The topological polar surface area (TPSA) is 223 Å². The number of alkyl halides is 2. The fraction of sp³-hybridized carbons (Fsp3) is 0.524. The lowest BCUT2D eigenvalue weighted by Crippen LogP contribution is -2.37. The molecule has 4 aromatic heterocycles. The van der Waals surface area contributed by atoms with Gasteiger partial charge in [0.05, 0.1) is 31.6 Å². The highest BCUT2D eigenvalue weighted by Gasteiger charge is 2.54. The van der Waals surface area contributed by atoms with E-state index in [0.29, 0.717) is 11.2 Å². The quantitative estimate of drug-likeness (QED) is 0.223. The Bertz CT molecular complexity index is 1710. The number of halogens is 2. The molecule has 3 aliphatic heterocycles. The van der Waals surface area contributed by atoms with Gasteiger partial charge in [0.2, 0.25) is 0 Å². The maximum Gasteiger partial charge on any atom is 0.472 e.